The van der Waals surface area contributed by atoms with Crippen LogP contribution >= 0.6 is 0 Å². The summed E-state index contributed by atoms with van der Waals surface area (Å²) in [7, 11) is 4.41. The molecule has 3 nitrogen and oxygen atoms in total. The molecule has 118 valence electrons. The summed E-state index contributed by atoms with van der Waals surface area (Å²) in [5.74, 6) is 1.78. The summed E-state index contributed by atoms with van der Waals surface area (Å²) in [5, 5.41) is 3.56. The summed E-state index contributed by atoms with van der Waals surface area (Å²) >= 11 is 0. The summed E-state index contributed by atoms with van der Waals surface area (Å²) < 4.78 is 5.77. The Balaban J connectivity index is 1.79. The first kappa shape index (κ1) is 16.3. The van der Waals surface area contributed by atoms with Gasteiger partial charge in [-0.15, -0.1) is 0 Å². The van der Waals surface area contributed by atoms with Crippen LogP contribution in [-0.4, -0.2) is 50.8 Å². The summed E-state index contributed by atoms with van der Waals surface area (Å²) in [6, 6.07) is 0.718. The Labute approximate surface area is 125 Å². The van der Waals surface area contributed by atoms with E-state index in [-0.39, 0.29) is 0 Å². The number of nitrogens with zero attached hydrogens (tertiary/aromatic N) is 1. The first-order chi connectivity index (χ1) is 9.72. The molecule has 0 bridgehead atoms. The van der Waals surface area contributed by atoms with E-state index in [0.29, 0.717) is 6.10 Å². The lowest BCUT2D eigenvalue weighted by molar-refractivity contribution is 0.0676. The Morgan fingerprint density at radius 3 is 2.70 bits per heavy atom. The van der Waals surface area contributed by atoms with Gasteiger partial charge >= 0.3 is 0 Å². The number of likely N-dealkylation sites (N-methyl/N-ethyl adjacent to an activating group) is 1. The van der Waals surface area contributed by atoms with Crippen LogP contribution in [0.15, 0.2) is 0 Å². The van der Waals surface area contributed by atoms with Crippen LogP contribution in [0.3, 0.4) is 0 Å². The van der Waals surface area contributed by atoms with Gasteiger partial charge in [0.15, 0.2) is 0 Å². The minimum absolute atomic E-state index is 0.489. The number of nitrogens with one attached hydrogen (secondary N) is 1. The lowest BCUT2D eigenvalue weighted by Gasteiger charge is -2.38. The lowest BCUT2D eigenvalue weighted by Crippen LogP contribution is -2.45. The van der Waals surface area contributed by atoms with Crippen LogP contribution in [0.25, 0.3) is 0 Å². The minimum atomic E-state index is 0.489. The smallest absolute Gasteiger partial charge is 0.0702 e. The van der Waals surface area contributed by atoms with E-state index in [9.17, 15) is 0 Å². The molecule has 0 spiro atoms. The highest BCUT2D eigenvalue weighted by Crippen LogP contribution is 2.32. The number of hydrogen-bond acceptors (Lipinski definition) is 3. The van der Waals surface area contributed by atoms with Crippen molar-refractivity contribution >= 4 is 0 Å². The van der Waals surface area contributed by atoms with Gasteiger partial charge in [0, 0.05) is 25.7 Å². The van der Waals surface area contributed by atoms with Crippen molar-refractivity contribution in [3.8, 4) is 0 Å². The number of hydrogen-bond donors (Lipinski definition) is 1. The third kappa shape index (κ3) is 4.71. The average Bonchev–Trinajstić information content (AvgIpc) is 2.92. The van der Waals surface area contributed by atoms with E-state index in [1.807, 2.05) is 0 Å². The van der Waals surface area contributed by atoms with Crippen LogP contribution in [-0.2, 0) is 4.74 Å². The van der Waals surface area contributed by atoms with E-state index in [1.165, 1.54) is 51.5 Å². The van der Waals surface area contributed by atoms with Crippen LogP contribution in [0, 0.1) is 11.8 Å². The third-order valence-electron chi connectivity index (χ3n) is 5.24. The van der Waals surface area contributed by atoms with Gasteiger partial charge < -0.3 is 15.0 Å². The molecule has 4 atom stereocenters. The van der Waals surface area contributed by atoms with Crippen LogP contribution in [0.1, 0.15) is 51.9 Å². The minimum Gasteiger partial charge on any atom is -0.377 e. The second-order valence-electron chi connectivity index (χ2n) is 6.98. The normalized spacial score (nSPS) is 34.8. The van der Waals surface area contributed by atoms with Gasteiger partial charge in [-0.2, -0.15) is 0 Å². The number of ether oxygens (including phenoxy) is 1. The zero-order chi connectivity index (χ0) is 14.4. The van der Waals surface area contributed by atoms with Crippen molar-refractivity contribution in [1.29, 1.82) is 0 Å². The quantitative estimate of drug-likeness (QED) is 0.777. The highest BCUT2D eigenvalue weighted by molar-refractivity contribution is 4.86. The van der Waals surface area contributed by atoms with Crippen LogP contribution < -0.4 is 5.32 Å². The molecule has 4 unspecified atom stereocenters. The van der Waals surface area contributed by atoms with Crippen molar-refractivity contribution in [2.75, 3.05) is 33.8 Å². The fourth-order valence-electron chi connectivity index (χ4n) is 4.22. The van der Waals surface area contributed by atoms with Gasteiger partial charge in [-0.1, -0.05) is 19.8 Å². The molecule has 3 heteroatoms. The Kier molecular flexibility index (Phi) is 6.79. The maximum atomic E-state index is 5.77. The SMILES string of the molecule is CCCC1CCC(NC)C(CN(C)CC2CCCO2)C1. The monoisotopic (exact) mass is 282 g/mol. The van der Waals surface area contributed by atoms with Crippen molar-refractivity contribution in [3.05, 3.63) is 0 Å². The molecule has 2 rings (SSSR count). The molecule has 1 heterocycles. The fraction of sp³-hybridized carbons (Fsp3) is 1.00. The molecule has 20 heavy (non-hydrogen) atoms. The van der Waals surface area contributed by atoms with Crippen molar-refractivity contribution in [3.63, 3.8) is 0 Å². The number of rotatable bonds is 7. The molecular weight excluding hydrogens is 248 g/mol. The van der Waals surface area contributed by atoms with Crippen molar-refractivity contribution in [2.24, 2.45) is 11.8 Å². The zero-order valence-electron chi connectivity index (χ0n) is 13.7. The molecule has 2 fully saturated rings. The van der Waals surface area contributed by atoms with Gasteiger partial charge in [-0.05, 0) is 58.0 Å². The first-order valence-electron chi connectivity index (χ1n) is 8.70. The standard InChI is InChI=1S/C17H34N2O/c1-4-6-14-8-9-17(18-2)15(11-14)12-19(3)13-16-7-5-10-20-16/h14-18H,4-13H2,1-3H3. The summed E-state index contributed by atoms with van der Waals surface area (Å²) in [5.41, 5.74) is 0. The van der Waals surface area contributed by atoms with Gasteiger partial charge in [0.05, 0.1) is 6.10 Å². The van der Waals surface area contributed by atoms with Gasteiger partial charge in [0.2, 0.25) is 0 Å². The molecule has 1 aliphatic heterocycles. The summed E-state index contributed by atoms with van der Waals surface area (Å²) in [6.07, 6.45) is 9.95. The molecule has 1 saturated heterocycles. The molecule has 1 saturated carbocycles. The Bertz CT molecular complexity index is 266. The maximum absolute atomic E-state index is 5.77. The highest BCUT2D eigenvalue weighted by Gasteiger charge is 2.30. The second-order valence-corrected chi connectivity index (χ2v) is 6.98. The largest absolute Gasteiger partial charge is 0.377 e. The van der Waals surface area contributed by atoms with E-state index in [4.69, 9.17) is 4.74 Å². The van der Waals surface area contributed by atoms with E-state index in [2.05, 4.69) is 31.2 Å². The molecular formula is C17H34N2O. The van der Waals surface area contributed by atoms with Gasteiger partial charge in [0.25, 0.3) is 0 Å². The fourth-order valence-corrected chi connectivity index (χ4v) is 4.22. The van der Waals surface area contributed by atoms with Crippen molar-refractivity contribution in [2.45, 2.75) is 64.0 Å². The Morgan fingerprint density at radius 2 is 2.05 bits per heavy atom. The molecule has 1 N–H and O–H groups in total. The molecule has 0 radical (unpaired) electrons. The molecule has 1 aliphatic carbocycles. The lowest BCUT2D eigenvalue weighted by atomic mass is 9.76. The van der Waals surface area contributed by atoms with Gasteiger partial charge in [-0.25, -0.2) is 0 Å². The summed E-state index contributed by atoms with van der Waals surface area (Å²) in [4.78, 5) is 2.51. The molecule has 0 aromatic rings. The average molecular weight is 282 g/mol. The highest BCUT2D eigenvalue weighted by atomic mass is 16.5. The van der Waals surface area contributed by atoms with Crippen molar-refractivity contribution < 1.29 is 4.74 Å². The predicted molar refractivity (Wildman–Crippen MR) is 85.1 cm³/mol. The Morgan fingerprint density at radius 1 is 1.20 bits per heavy atom. The van der Waals surface area contributed by atoms with Crippen LogP contribution in [0.4, 0.5) is 0 Å². The Hall–Kier alpha value is -0.120. The van der Waals surface area contributed by atoms with Gasteiger partial charge in [0.1, 0.15) is 0 Å². The van der Waals surface area contributed by atoms with E-state index >= 15 is 0 Å². The van der Waals surface area contributed by atoms with E-state index in [1.54, 1.807) is 0 Å². The molecule has 2 aliphatic rings. The zero-order valence-corrected chi connectivity index (χ0v) is 13.7. The topological polar surface area (TPSA) is 24.5 Å². The van der Waals surface area contributed by atoms with Crippen LogP contribution in [0.5, 0.6) is 0 Å². The summed E-state index contributed by atoms with van der Waals surface area (Å²) in [6.45, 7) is 5.64. The molecule has 0 aromatic heterocycles. The van der Waals surface area contributed by atoms with E-state index in [0.717, 1.165) is 31.0 Å². The van der Waals surface area contributed by atoms with Gasteiger partial charge in [-0.3, -0.25) is 0 Å². The predicted octanol–water partition coefficient (Wildman–Crippen LogP) is 2.90. The van der Waals surface area contributed by atoms with E-state index < -0.39 is 0 Å². The van der Waals surface area contributed by atoms with Crippen molar-refractivity contribution in [1.82, 2.24) is 10.2 Å². The second kappa shape index (κ2) is 8.35. The molecule has 0 aromatic carbocycles. The maximum Gasteiger partial charge on any atom is 0.0702 e. The molecule has 0 amide bonds. The first-order valence-corrected chi connectivity index (χ1v) is 8.70. The third-order valence-corrected chi connectivity index (χ3v) is 5.24. The van der Waals surface area contributed by atoms with Crippen LogP contribution in [0.2, 0.25) is 0 Å².